The molecule has 4 nitrogen and oxygen atoms in total. The fourth-order valence-corrected chi connectivity index (χ4v) is 9.96. The molecule has 0 N–H and O–H groups in total. The zero-order valence-corrected chi connectivity index (χ0v) is 25.2. The zero-order chi connectivity index (χ0) is 27.0. The Hall–Kier alpha value is -2.31. The van der Waals surface area contributed by atoms with E-state index in [2.05, 4.69) is 116 Å². The molecule has 0 spiro atoms. The van der Waals surface area contributed by atoms with E-state index in [1.807, 2.05) is 0 Å². The first-order chi connectivity index (χ1) is 18.2. The van der Waals surface area contributed by atoms with Crippen molar-refractivity contribution in [1.82, 2.24) is 14.8 Å². The van der Waals surface area contributed by atoms with E-state index in [1.165, 1.54) is 35.0 Å². The molecule has 1 aliphatic heterocycles. The summed E-state index contributed by atoms with van der Waals surface area (Å²) in [7, 11) is 0.342. The summed E-state index contributed by atoms with van der Waals surface area (Å²) in [6, 6.07) is 29.6. The minimum absolute atomic E-state index is 0.125. The molecule has 4 rings (SSSR count). The van der Waals surface area contributed by atoms with Crippen LogP contribution < -0.4 is 0 Å². The van der Waals surface area contributed by atoms with Crippen LogP contribution in [0, 0.1) is 5.92 Å². The lowest BCUT2D eigenvalue weighted by atomic mass is 9.85. The minimum atomic E-state index is -1.46. The molecule has 0 aliphatic carbocycles. The largest absolute Gasteiger partial charge is 0.369 e. The van der Waals surface area contributed by atoms with E-state index in [-0.39, 0.29) is 5.41 Å². The number of ether oxygens (including phenoxy) is 1. The van der Waals surface area contributed by atoms with Crippen LogP contribution in [0.25, 0.3) is 0 Å². The van der Waals surface area contributed by atoms with E-state index in [9.17, 15) is 0 Å². The average molecular weight is 530 g/mol. The van der Waals surface area contributed by atoms with Crippen molar-refractivity contribution in [2.75, 3.05) is 33.1 Å². The van der Waals surface area contributed by atoms with Crippen molar-refractivity contribution in [3.8, 4) is 0 Å². The summed E-state index contributed by atoms with van der Waals surface area (Å²) < 4.78 is 5.57. The van der Waals surface area contributed by atoms with Gasteiger partial charge in [-0.1, -0.05) is 99.7 Å². The van der Waals surface area contributed by atoms with Crippen LogP contribution in [0.3, 0.4) is 0 Å². The second kappa shape index (κ2) is 13.2. The fraction of sp³-hybridized carbons (Fsp3) is 0.485. The standard InChI is InChI=1S/C33H47N3OSi/c1-28(24-38(4,5)27-36(26-37-3)23-30-15-10-7-11-16-30)21-31-17-12-18-32(34-31)33(2)19-20-35(25-33)22-29-13-8-6-9-14-29/h6-18,28H,19-27H2,1-5H3. The highest BCUT2D eigenvalue weighted by Crippen LogP contribution is 2.34. The zero-order valence-electron chi connectivity index (χ0n) is 24.2. The highest BCUT2D eigenvalue weighted by molar-refractivity contribution is 6.77. The van der Waals surface area contributed by atoms with Gasteiger partial charge in [-0.05, 0) is 54.7 Å². The number of rotatable bonds is 13. The Morgan fingerprint density at radius 3 is 2.34 bits per heavy atom. The van der Waals surface area contributed by atoms with Crippen molar-refractivity contribution in [3.05, 3.63) is 101 Å². The average Bonchev–Trinajstić information content (AvgIpc) is 3.26. The van der Waals surface area contributed by atoms with Gasteiger partial charge in [-0.25, -0.2) is 0 Å². The number of hydrogen-bond donors (Lipinski definition) is 0. The van der Waals surface area contributed by atoms with Crippen LogP contribution in [0.15, 0.2) is 78.9 Å². The molecule has 3 aromatic rings. The maximum atomic E-state index is 5.57. The first-order valence-corrected chi connectivity index (χ1v) is 17.6. The number of pyridine rings is 1. The van der Waals surface area contributed by atoms with Crippen molar-refractivity contribution in [2.45, 2.75) is 64.3 Å². The Bertz CT molecular complexity index is 1120. The molecule has 0 saturated carbocycles. The van der Waals surface area contributed by atoms with Crippen LogP contribution in [0.2, 0.25) is 19.1 Å². The molecule has 0 radical (unpaired) electrons. The predicted octanol–water partition coefficient (Wildman–Crippen LogP) is 6.78. The van der Waals surface area contributed by atoms with E-state index in [0.29, 0.717) is 12.6 Å². The highest BCUT2D eigenvalue weighted by Gasteiger charge is 2.36. The molecule has 204 valence electrons. The lowest BCUT2D eigenvalue weighted by molar-refractivity contribution is 0.0694. The van der Waals surface area contributed by atoms with Gasteiger partial charge >= 0.3 is 0 Å². The van der Waals surface area contributed by atoms with E-state index in [0.717, 1.165) is 38.8 Å². The molecular formula is C33H47N3OSi. The molecule has 2 aromatic carbocycles. The number of aromatic nitrogens is 1. The molecule has 5 heteroatoms. The van der Waals surface area contributed by atoms with E-state index in [1.54, 1.807) is 7.11 Å². The topological polar surface area (TPSA) is 28.6 Å². The molecule has 1 aromatic heterocycles. The summed E-state index contributed by atoms with van der Waals surface area (Å²) >= 11 is 0. The van der Waals surface area contributed by atoms with Gasteiger partial charge in [0.15, 0.2) is 0 Å². The normalized spacial score (nSPS) is 19.2. The molecular weight excluding hydrogens is 482 g/mol. The number of methoxy groups -OCH3 is 1. The lowest BCUT2D eigenvalue weighted by Gasteiger charge is -2.33. The molecule has 0 amide bonds. The van der Waals surface area contributed by atoms with Gasteiger partial charge in [0.25, 0.3) is 0 Å². The lowest BCUT2D eigenvalue weighted by Crippen LogP contribution is -2.44. The number of hydrogen-bond acceptors (Lipinski definition) is 4. The molecule has 1 aliphatic rings. The Morgan fingerprint density at radius 2 is 1.66 bits per heavy atom. The van der Waals surface area contributed by atoms with Crippen molar-refractivity contribution < 1.29 is 4.74 Å². The van der Waals surface area contributed by atoms with Gasteiger partial charge in [0.2, 0.25) is 0 Å². The van der Waals surface area contributed by atoms with Crippen LogP contribution in [0.5, 0.6) is 0 Å². The van der Waals surface area contributed by atoms with E-state index >= 15 is 0 Å². The summed E-state index contributed by atoms with van der Waals surface area (Å²) in [5.74, 6) is 0.617. The Kier molecular flexibility index (Phi) is 9.94. The molecule has 38 heavy (non-hydrogen) atoms. The van der Waals surface area contributed by atoms with E-state index < -0.39 is 8.07 Å². The monoisotopic (exact) mass is 529 g/mol. The third kappa shape index (κ3) is 8.34. The maximum absolute atomic E-state index is 5.57. The maximum Gasteiger partial charge on any atom is 0.0986 e. The third-order valence-electron chi connectivity index (χ3n) is 7.90. The molecule has 1 saturated heterocycles. The summed E-state index contributed by atoms with van der Waals surface area (Å²) in [5, 5.41) is 0. The van der Waals surface area contributed by atoms with Crippen molar-refractivity contribution in [2.24, 2.45) is 5.92 Å². The number of likely N-dealkylation sites (tertiary alicyclic amines) is 1. The Labute approximate surface area is 232 Å². The molecule has 2 atom stereocenters. The fourth-order valence-electron chi connectivity index (χ4n) is 6.39. The van der Waals surface area contributed by atoms with E-state index in [4.69, 9.17) is 9.72 Å². The van der Waals surface area contributed by atoms with Gasteiger partial charge in [0.1, 0.15) is 0 Å². The molecule has 1 fully saturated rings. The molecule has 2 heterocycles. The third-order valence-corrected chi connectivity index (χ3v) is 11.0. The van der Waals surface area contributed by atoms with Gasteiger partial charge in [0.05, 0.1) is 14.8 Å². The summed E-state index contributed by atoms with van der Waals surface area (Å²) in [6.07, 6.45) is 3.36. The first-order valence-electron chi connectivity index (χ1n) is 14.2. The number of nitrogens with zero attached hydrogens (tertiary/aromatic N) is 3. The van der Waals surface area contributed by atoms with Crippen LogP contribution in [0.1, 0.15) is 42.8 Å². The van der Waals surface area contributed by atoms with Crippen molar-refractivity contribution >= 4 is 8.07 Å². The van der Waals surface area contributed by atoms with Crippen LogP contribution >= 0.6 is 0 Å². The predicted molar refractivity (Wildman–Crippen MR) is 162 cm³/mol. The molecule has 2 unspecified atom stereocenters. The first kappa shape index (κ1) is 28.7. The minimum Gasteiger partial charge on any atom is -0.369 e. The quantitative estimate of drug-likeness (QED) is 0.180. The smallest absolute Gasteiger partial charge is 0.0986 e. The van der Waals surface area contributed by atoms with Crippen molar-refractivity contribution in [1.29, 1.82) is 0 Å². The van der Waals surface area contributed by atoms with Gasteiger partial charge in [-0.3, -0.25) is 14.8 Å². The van der Waals surface area contributed by atoms with Gasteiger partial charge in [0, 0.05) is 43.5 Å². The summed E-state index contributed by atoms with van der Waals surface area (Å²) in [5.41, 5.74) is 5.39. The summed E-state index contributed by atoms with van der Waals surface area (Å²) in [6.45, 7) is 14.7. The van der Waals surface area contributed by atoms with Gasteiger partial charge < -0.3 is 4.74 Å². The second-order valence-corrected chi connectivity index (χ2v) is 17.6. The highest BCUT2D eigenvalue weighted by atomic mass is 28.3. The van der Waals surface area contributed by atoms with Crippen LogP contribution in [0.4, 0.5) is 0 Å². The second-order valence-electron chi connectivity index (χ2n) is 12.6. The van der Waals surface area contributed by atoms with Crippen molar-refractivity contribution in [3.63, 3.8) is 0 Å². The van der Waals surface area contributed by atoms with Crippen LogP contribution in [-0.4, -0.2) is 56.0 Å². The Balaban J connectivity index is 1.33. The van der Waals surface area contributed by atoms with Crippen LogP contribution in [-0.2, 0) is 29.7 Å². The number of benzene rings is 2. The van der Waals surface area contributed by atoms with Gasteiger partial charge in [-0.2, -0.15) is 0 Å². The van der Waals surface area contributed by atoms with Gasteiger partial charge in [-0.15, -0.1) is 0 Å². The SMILES string of the molecule is COCN(Cc1ccccc1)C[Si](C)(C)CC(C)Cc1cccc(C2(C)CCN(Cc3ccccc3)C2)n1. The molecule has 0 bridgehead atoms. The Morgan fingerprint density at radius 1 is 0.974 bits per heavy atom. The summed E-state index contributed by atoms with van der Waals surface area (Å²) in [4.78, 5) is 10.3.